The smallest absolute Gasteiger partial charge is 0.408 e. The molecule has 9 nitrogen and oxygen atoms in total. The summed E-state index contributed by atoms with van der Waals surface area (Å²) in [6.45, 7) is 8.98. The topological polar surface area (TPSA) is 117 Å². The quantitative estimate of drug-likeness (QED) is 0.0999. The van der Waals surface area contributed by atoms with Crippen LogP contribution in [0, 0.1) is 0 Å². The van der Waals surface area contributed by atoms with Crippen LogP contribution in [0.5, 0.6) is 11.5 Å². The Labute approximate surface area is 252 Å². The maximum absolute atomic E-state index is 13.0. The zero-order valence-corrected chi connectivity index (χ0v) is 25.3. The van der Waals surface area contributed by atoms with Crippen LogP contribution < -0.4 is 10.1 Å². The van der Waals surface area contributed by atoms with Gasteiger partial charge < -0.3 is 24.3 Å². The Morgan fingerprint density at radius 2 is 1.56 bits per heavy atom. The number of rotatable bonds is 13. The van der Waals surface area contributed by atoms with Crippen molar-refractivity contribution in [1.82, 2.24) is 5.32 Å². The Hall–Kier alpha value is -4.66. The van der Waals surface area contributed by atoms with E-state index in [9.17, 15) is 19.2 Å². The minimum atomic E-state index is -1.00. The normalized spacial score (nSPS) is 11.7. The van der Waals surface area contributed by atoms with E-state index in [0.717, 1.165) is 24.0 Å². The standard InChI is InChI=1S/C34H39NO8/c1-6-7-19-40-31(37)26-15-18-30(28(21-26)23(2)36)42-27-16-13-24(14-17-27)20-29(35-33(39)43-34(3,4)5)32(38)41-22-25-11-9-8-10-12-25/h8-18,21,29H,6-7,19-20,22H2,1-5H3,(H,35,39)/t29-/m0/s1. The molecule has 0 bridgehead atoms. The second kappa shape index (κ2) is 15.5. The van der Waals surface area contributed by atoms with Crippen LogP contribution in [0.3, 0.4) is 0 Å². The number of carbonyl (C=O) groups excluding carboxylic acids is 4. The van der Waals surface area contributed by atoms with E-state index in [1.54, 1.807) is 57.2 Å². The molecule has 0 aromatic heterocycles. The van der Waals surface area contributed by atoms with Crippen molar-refractivity contribution in [3.63, 3.8) is 0 Å². The van der Waals surface area contributed by atoms with Gasteiger partial charge >= 0.3 is 18.0 Å². The highest BCUT2D eigenvalue weighted by Crippen LogP contribution is 2.28. The van der Waals surface area contributed by atoms with E-state index in [4.69, 9.17) is 18.9 Å². The first-order valence-electron chi connectivity index (χ1n) is 14.2. The van der Waals surface area contributed by atoms with Crippen LogP contribution in [0.2, 0.25) is 0 Å². The summed E-state index contributed by atoms with van der Waals surface area (Å²) in [5, 5.41) is 2.62. The number of carbonyl (C=O) groups is 4. The molecule has 0 heterocycles. The molecule has 1 N–H and O–H groups in total. The third-order valence-corrected chi connectivity index (χ3v) is 6.12. The molecule has 9 heteroatoms. The number of esters is 2. The molecule has 1 amide bonds. The minimum absolute atomic E-state index is 0.0622. The first-order chi connectivity index (χ1) is 20.4. The summed E-state index contributed by atoms with van der Waals surface area (Å²) in [5.74, 6) is -0.634. The van der Waals surface area contributed by atoms with Gasteiger partial charge in [0.05, 0.1) is 17.7 Å². The summed E-state index contributed by atoms with van der Waals surface area (Å²) in [5.41, 5.74) is 1.32. The van der Waals surface area contributed by atoms with E-state index >= 15 is 0 Å². The maximum atomic E-state index is 13.0. The van der Waals surface area contributed by atoms with E-state index < -0.39 is 29.7 Å². The Bertz CT molecular complexity index is 1390. The Kier molecular flexibility index (Phi) is 11.9. The lowest BCUT2D eigenvalue weighted by Gasteiger charge is -2.23. The fourth-order valence-electron chi connectivity index (χ4n) is 3.94. The van der Waals surface area contributed by atoms with Crippen LogP contribution in [0.25, 0.3) is 0 Å². The van der Waals surface area contributed by atoms with Gasteiger partial charge in [0.25, 0.3) is 0 Å². The molecule has 0 saturated heterocycles. The van der Waals surface area contributed by atoms with E-state index in [1.807, 2.05) is 37.3 Å². The SMILES string of the molecule is CCCCOC(=O)c1ccc(Oc2ccc(C[C@H](NC(=O)OC(C)(C)C)C(=O)OCc3ccccc3)cc2)c(C(C)=O)c1. The van der Waals surface area contributed by atoms with Crippen molar-refractivity contribution in [3.05, 3.63) is 95.1 Å². The average molecular weight is 590 g/mol. The van der Waals surface area contributed by atoms with E-state index in [2.05, 4.69) is 5.32 Å². The van der Waals surface area contributed by atoms with Crippen molar-refractivity contribution in [1.29, 1.82) is 0 Å². The number of benzene rings is 3. The zero-order chi connectivity index (χ0) is 31.4. The summed E-state index contributed by atoms with van der Waals surface area (Å²) < 4.78 is 22.0. The van der Waals surface area contributed by atoms with Gasteiger partial charge in [-0.3, -0.25) is 4.79 Å². The van der Waals surface area contributed by atoms with Gasteiger partial charge in [-0.25, -0.2) is 14.4 Å². The predicted octanol–water partition coefficient (Wildman–Crippen LogP) is 6.82. The van der Waals surface area contributed by atoms with Gasteiger partial charge in [0.15, 0.2) is 5.78 Å². The Morgan fingerprint density at radius 3 is 2.19 bits per heavy atom. The Balaban J connectivity index is 1.72. The fraction of sp³-hybridized carbons (Fsp3) is 0.353. The number of alkyl carbamates (subject to hydrolysis) is 1. The first-order valence-corrected chi connectivity index (χ1v) is 14.2. The minimum Gasteiger partial charge on any atom is -0.462 e. The monoisotopic (exact) mass is 589 g/mol. The van der Waals surface area contributed by atoms with Crippen molar-refractivity contribution < 1.29 is 38.1 Å². The second-order valence-electron chi connectivity index (χ2n) is 11.0. The molecular formula is C34H39NO8. The van der Waals surface area contributed by atoms with Gasteiger partial charge in [-0.05, 0) is 75.6 Å². The zero-order valence-electron chi connectivity index (χ0n) is 25.3. The molecular weight excluding hydrogens is 550 g/mol. The van der Waals surface area contributed by atoms with E-state index in [0.29, 0.717) is 18.1 Å². The van der Waals surface area contributed by atoms with Crippen LogP contribution in [-0.2, 0) is 32.0 Å². The van der Waals surface area contributed by atoms with E-state index in [1.165, 1.54) is 13.0 Å². The van der Waals surface area contributed by atoms with Gasteiger partial charge in [-0.2, -0.15) is 0 Å². The molecule has 0 saturated carbocycles. The van der Waals surface area contributed by atoms with Gasteiger partial charge in [-0.15, -0.1) is 0 Å². The highest BCUT2D eigenvalue weighted by Gasteiger charge is 2.26. The third kappa shape index (κ3) is 10.9. The molecule has 1 atom stereocenters. The number of hydrogen-bond acceptors (Lipinski definition) is 8. The number of ether oxygens (including phenoxy) is 4. The number of nitrogens with one attached hydrogen (secondary N) is 1. The number of Topliss-reactive ketones (excluding diaryl/α,β-unsaturated/α-hetero) is 1. The van der Waals surface area contributed by atoms with Gasteiger partial charge in [0.2, 0.25) is 0 Å². The molecule has 0 aliphatic rings. The summed E-state index contributed by atoms with van der Waals surface area (Å²) in [7, 11) is 0. The molecule has 0 unspecified atom stereocenters. The van der Waals surface area contributed by atoms with Crippen molar-refractivity contribution in [2.45, 2.75) is 72.1 Å². The Morgan fingerprint density at radius 1 is 0.860 bits per heavy atom. The fourth-order valence-corrected chi connectivity index (χ4v) is 3.94. The maximum Gasteiger partial charge on any atom is 0.408 e. The van der Waals surface area contributed by atoms with Crippen LogP contribution in [0.4, 0.5) is 4.79 Å². The molecule has 3 rings (SSSR count). The lowest BCUT2D eigenvalue weighted by molar-refractivity contribution is -0.147. The van der Waals surface area contributed by atoms with Crippen LogP contribution >= 0.6 is 0 Å². The summed E-state index contributed by atoms with van der Waals surface area (Å²) in [4.78, 5) is 50.2. The van der Waals surface area contributed by atoms with Crippen molar-refractivity contribution in [2.75, 3.05) is 6.61 Å². The molecule has 228 valence electrons. The molecule has 3 aromatic carbocycles. The van der Waals surface area contributed by atoms with Gasteiger partial charge in [-0.1, -0.05) is 55.8 Å². The van der Waals surface area contributed by atoms with Crippen molar-refractivity contribution in [3.8, 4) is 11.5 Å². The third-order valence-electron chi connectivity index (χ3n) is 6.12. The highest BCUT2D eigenvalue weighted by molar-refractivity contribution is 6.00. The highest BCUT2D eigenvalue weighted by atomic mass is 16.6. The largest absolute Gasteiger partial charge is 0.462 e. The average Bonchev–Trinajstić information content (AvgIpc) is 2.96. The second-order valence-corrected chi connectivity index (χ2v) is 11.0. The number of amides is 1. The molecule has 0 radical (unpaired) electrons. The summed E-state index contributed by atoms with van der Waals surface area (Å²) >= 11 is 0. The van der Waals surface area contributed by atoms with Crippen LogP contribution in [-0.4, -0.2) is 42.1 Å². The van der Waals surface area contributed by atoms with Gasteiger partial charge in [0.1, 0.15) is 29.7 Å². The number of ketones is 1. The molecule has 3 aromatic rings. The lowest BCUT2D eigenvalue weighted by atomic mass is 10.1. The molecule has 0 aliphatic carbocycles. The molecule has 0 fully saturated rings. The van der Waals surface area contributed by atoms with Crippen LogP contribution in [0.15, 0.2) is 72.8 Å². The number of unbranched alkanes of at least 4 members (excludes halogenated alkanes) is 1. The summed E-state index contributed by atoms with van der Waals surface area (Å²) in [6.07, 6.45) is 1.07. The van der Waals surface area contributed by atoms with Gasteiger partial charge in [0, 0.05) is 6.42 Å². The van der Waals surface area contributed by atoms with Crippen LogP contribution in [0.1, 0.15) is 79.3 Å². The number of hydrogen-bond donors (Lipinski definition) is 1. The van der Waals surface area contributed by atoms with Crippen molar-refractivity contribution >= 4 is 23.8 Å². The molecule has 0 aliphatic heterocycles. The summed E-state index contributed by atoms with van der Waals surface area (Å²) in [6, 6.07) is 19.7. The lowest BCUT2D eigenvalue weighted by Crippen LogP contribution is -2.45. The molecule has 0 spiro atoms. The van der Waals surface area contributed by atoms with Crippen molar-refractivity contribution in [2.24, 2.45) is 0 Å². The first kappa shape index (κ1) is 32.8. The van der Waals surface area contributed by atoms with E-state index in [-0.39, 0.29) is 29.9 Å². The molecule has 43 heavy (non-hydrogen) atoms. The predicted molar refractivity (Wildman–Crippen MR) is 161 cm³/mol.